The van der Waals surface area contributed by atoms with Gasteiger partial charge in [0, 0.05) is 12.1 Å². The molecule has 0 unspecified atom stereocenters. The Kier molecular flexibility index (Phi) is 10.5. The van der Waals surface area contributed by atoms with Crippen LogP contribution in [-0.4, -0.2) is 44.2 Å². The average molecular weight is 378 g/mol. The number of unbranched alkanes of at least 4 members (excludes halogenated alkanes) is 2. The highest BCUT2D eigenvalue weighted by Crippen LogP contribution is 2.32. The smallest absolute Gasteiger partial charge is 0.337 e. The van der Waals surface area contributed by atoms with Crippen molar-refractivity contribution in [2.24, 2.45) is 0 Å². The van der Waals surface area contributed by atoms with Crippen LogP contribution in [0, 0.1) is 0 Å². The van der Waals surface area contributed by atoms with Crippen molar-refractivity contribution in [2.75, 3.05) is 33.4 Å². The van der Waals surface area contributed by atoms with E-state index in [1.807, 2.05) is 12.1 Å². The summed E-state index contributed by atoms with van der Waals surface area (Å²) in [5.74, 6) is 0.554. The summed E-state index contributed by atoms with van der Waals surface area (Å²) in [6, 6.07) is 5.58. The number of hydrogen-bond donors (Lipinski definition) is 0. The fourth-order valence-corrected chi connectivity index (χ4v) is 3.06. The quantitative estimate of drug-likeness (QED) is 0.359. The van der Waals surface area contributed by atoms with Crippen LogP contribution in [0.5, 0.6) is 5.75 Å². The summed E-state index contributed by atoms with van der Waals surface area (Å²) in [6.07, 6.45) is 6.00. The van der Waals surface area contributed by atoms with E-state index in [9.17, 15) is 4.79 Å². The molecule has 0 bridgehead atoms. The van der Waals surface area contributed by atoms with Crippen molar-refractivity contribution in [3.05, 3.63) is 29.3 Å². The van der Waals surface area contributed by atoms with Gasteiger partial charge in [-0.05, 0) is 56.0 Å². The highest BCUT2D eigenvalue weighted by Gasteiger charge is 2.21. The van der Waals surface area contributed by atoms with Gasteiger partial charge in [0.1, 0.15) is 5.75 Å². The molecular formula is C23H39NO3. The van der Waals surface area contributed by atoms with E-state index < -0.39 is 0 Å². The summed E-state index contributed by atoms with van der Waals surface area (Å²) >= 11 is 0. The lowest BCUT2D eigenvalue weighted by atomic mass is 9.85. The van der Waals surface area contributed by atoms with E-state index in [4.69, 9.17) is 9.47 Å². The number of carbonyl (C=O) groups is 1. The van der Waals surface area contributed by atoms with Crippen LogP contribution in [0.3, 0.4) is 0 Å². The molecule has 4 nitrogen and oxygen atoms in total. The van der Waals surface area contributed by atoms with Crippen LogP contribution in [0.25, 0.3) is 0 Å². The van der Waals surface area contributed by atoms with E-state index >= 15 is 0 Å². The number of ether oxygens (including phenoxy) is 2. The average Bonchev–Trinajstić information content (AvgIpc) is 2.65. The van der Waals surface area contributed by atoms with Crippen molar-refractivity contribution in [2.45, 2.75) is 72.1 Å². The van der Waals surface area contributed by atoms with Crippen LogP contribution in [-0.2, 0) is 10.2 Å². The Balaban J connectivity index is 2.68. The van der Waals surface area contributed by atoms with Gasteiger partial charge >= 0.3 is 5.97 Å². The largest absolute Gasteiger partial charge is 0.493 e. The minimum absolute atomic E-state index is 0.104. The van der Waals surface area contributed by atoms with Gasteiger partial charge in [0.15, 0.2) is 0 Å². The molecule has 0 saturated heterocycles. The number of benzene rings is 1. The molecular weight excluding hydrogens is 338 g/mol. The third-order valence-electron chi connectivity index (χ3n) is 4.74. The Hall–Kier alpha value is -1.55. The molecule has 0 aliphatic carbocycles. The summed E-state index contributed by atoms with van der Waals surface area (Å²) in [5.41, 5.74) is 1.51. The molecule has 0 fully saturated rings. The van der Waals surface area contributed by atoms with E-state index in [0.29, 0.717) is 12.2 Å². The Morgan fingerprint density at radius 1 is 1.00 bits per heavy atom. The normalized spacial score (nSPS) is 11.7. The number of esters is 1. The van der Waals surface area contributed by atoms with Gasteiger partial charge in [0.25, 0.3) is 0 Å². The highest BCUT2D eigenvalue weighted by atomic mass is 16.5. The summed E-state index contributed by atoms with van der Waals surface area (Å²) in [5, 5.41) is 0. The predicted molar refractivity (Wildman–Crippen MR) is 113 cm³/mol. The van der Waals surface area contributed by atoms with E-state index in [2.05, 4.69) is 39.5 Å². The maximum atomic E-state index is 11.8. The van der Waals surface area contributed by atoms with Crippen molar-refractivity contribution in [1.29, 1.82) is 0 Å². The van der Waals surface area contributed by atoms with Gasteiger partial charge in [0.05, 0.1) is 19.3 Å². The molecule has 0 amide bonds. The van der Waals surface area contributed by atoms with Gasteiger partial charge in [-0.15, -0.1) is 0 Å². The molecule has 27 heavy (non-hydrogen) atoms. The number of hydrogen-bond acceptors (Lipinski definition) is 4. The molecule has 0 atom stereocenters. The van der Waals surface area contributed by atoms with Gasteiger partial charge in [-0.3, -0.25) is 0 Å². The van der Waals surface area contributed by atoms with E-state index in [0.717, 1.165) is 24.3 Å². The van der Waals surface area contributed by atoms with Crippen molar-refractivity contribution < 1.29 is 14.3 Å². The maximum Gasteiger partial charge on any atom is 0.337 e. The van der Waals surface area contributed by atoms with Crippen LogP contribution in [0.1, 0.15) is 82.6 Å². The van der Waals surface area contributed by atoms with Gasteiger partial charge in [-0.2, -0.15) is 0 Å². The summed E-state index contributed by atoms with van der Waals surface area (Å²) in [6.45, 7) is 15.0. The molecule has 0 aliphatic heterocycles. The lowest BCUT2D eigenvalue weighted by Gasteiger charge is -2.24. The molecule has 1 rings (SSSR count). The topological polar surface area (TPSA) is 38.8 Å². The summed E-state index contributed by atoms with van der Waals surface area (Å²) in [7, 11) is 1.41. The van der Waals surface area contributed by atoms with Gasteiger partial charge in [-0.25, -0.2) is 4.79 Å². The third-order valence-corrected chi connectivity index (χ3v) is 4.74. The summed E-state index contributed by atoms with van der Waals surface area (Å²) in [4.78, 5) is 14.4. The SMILES string of the molecule is CCCCN(CCCC)CCCOc1ccc(C(=O)OC)cc1C(C)(C)C. The standard InChI is InChI=1S/C23H39NO3/c1-7-9-14-24(15-10-8-2)16-11-17-27-21-13-12-19(22(25)26-6)18-20(21)23(3,4)5/h12-13,18H,7-11,14-17H2,1-6H3. The molecule has 0 radical (unpaired) electrons. The molecule has 1 aromatic carbocycles. The minimum atomic E-state index is -0.311. The van der Waals surface area contributed by atoms with Crippen LogP contribution in [0.2, 0.25) is 0 Å². The van der Waals surface area contributed by atoms with Gasteiger partial charge in [-0.1, -0.05) is 47.5 Å². The number of carbonyl (C=O) groups excluding carboxylic acids is 1. The first-order valence-electron chi connectivity index (χ1n) is 10.4. The minimum Gasteiger partial charge on any atom is -0.493 e. The number of rotatable bonds is 12. The molecule has 0 aliphatic rings. The first-order valence-corrected chi connectivity index (χ1v) is 10.4. The zero-order valence-electron chi connectivity index (χ0n) is 18.3. The molecule has 4 heteroatoms. The molecule has 0 N–H and O–H groups in total. The number of nitrogens with zero attached hydrogens (tertiary/aromatic N) is 1. The molecule has 0 saturated carbocycles. The van der Waals surface area contributed by atoms with Gasteiger partial charge < -0.3 is 14.4 Å². The van der Waals surface area contributed by atoms with E-state index in [-0.39, 0.29) is 11.4 Å². The monoisotopic (exact) mass is 377 g/mol. The molecule has 1 aromatic rings. The summed E-state index contributed by atoms with van der Waals surface area (Å²) < 4.78 is 11.0. The van der Waals surface area contributed by atoms with Gasteiger partial charge in [0.2, 0.25) is 0 Å². The Morgan fingerprint density at radius 2 is 1.59 bits per heavy atom. The highest BCUT2D eigenvalue weighted by molar-refractivity contribution is 5.89. The maximum absolute atomic E-state index is 11.8. The molecule has 0 spiro atoms. The van der Waals surface area contributed by atoms with Crippen LogP contribution in [0.15, 0.2) is 18.2 Å². The fraction of sp³-hybridized carbons (Fsp3) is 0.696. The zero-order valence-corrected chi connectivity index (χ0v) is 18.3. The van der Waals surface area contributed by atoms with Crippen LogP contribution >= 0.6 is 0 Å². The second-order valence-corrected chi connectivity index (χ2v) is 8.20. The first kappa shape index (κ1) is 23.5. The predicted octanol–water partition coefficient (Wildman–Crippen LogP) is 5.44. The number of methoxy groups -OCH3 is 1. The lowest BCUT2D eigenvalue weighted by Crippen LogP contribution is -2.28. The van der Waals surface area contributed by atoms with Crippen molar-refractivity contribution in [3.8, 4) is 5.75 Å². The zero-order chi connectivity index (χ0) is 20.3. The fourth-order valence-electron chi connectivity index (χ4n) is 3.06. The molecule has 0 heterocycles. The molecule has 154 valence electrons. The lowest BCUT2D eigenvalue weighted by molar-refractivity contribution is 0.0600. The third kappa shape index (κ3) is 8.34. The first-order chi connectivity index (χ1) is 12.8. The van der Waals surface area contributed by atoms with Crippen molar-refractivity contribution in [3.63, 3.8) is 0 Å². The Labute approximate surface area is 166 Å². The van der Waals surface area contributed by atoms with Crippen LogP contribution in [0.4, 0.5) is 0 Å². The second kappa shape index (κ2) is 12.0. The molecule has 0 aromatic heterocycles. The van der Waals surface area contributed by atoms with Crippen LogP contribution < -0.4 is 4.74 Å². The van der Waals surface area contributed by atoms with E-state index in [1.54, 1.807) is 6.07 Å². The van der Waals surface area contributed by atoms with Crippen molar-refractivity contribution >= 4 is 5.97 Å². The second-order valence-electron chi connectivity index (χ2n) is 8.20. The Morgan fingerprint density at radius 3 is 2.11 bits per heavy atom. The van der Waals surface area contributed by atoms with E-state index in [1.165, 1.54) is 45.9 Å². The van der Waals surface area contributed by atoms with Crippen molar-refractivity contribution in [1.82, 2.24) is 4.90 Å². The Bertz CT molecular complexity index is 555.